The molecule has 43 heavy (non-hydrogen) atoms. The van der Waals surface area contributed by atoms with Crippen LogP contribution in [0.15, 0.2) is 63.6 Å². The number of carbonyl (C=O) groups is 2. The number of aliphatic hydroxyl groups excluding tert-OH is 1. The van der Waals surface area contributed by atoms with Crippen LogP contribution in [0.4, 0.5) is 0 Å². The summed E-state index contributed by atoms with van der Waals surface area (Å²) in [5.74, 6) is 1.16. The van der Waals surface area contributed by atoms with Gasteiger partial charge in [-0.2, -0.15) is 0 Å². The molecule has 0 radical (unpaired) electrons. The van der Waals surface area contributed by atoms with Gasteiger partial charge in [-0.05, 0) is 73.8 Å². The number of benzene rings is 1. The standard InChI is InChI=1S/C36H46N2O5/c1-4-24(18-27-11-12-28(21-39)43-27)10-13-32-33-29(23(2)3)19-30-34(31(33)22-42-32)36(41)38(35(30)40)26-14-16-37(17-15-26)20-25-8-6-5-7-9-25/h5-9,11-12,18,23,26,30-32,34,39H,4,10,13-17,19-22H2,1-3H3/b24-18+/t30-,31+,32-,34-/m1/s1. The Kier molecular flexibility index (Phi) is 9.03. The Bertz CT molecular complexity index is 1370. The Morgan fingerprint density at radius 1 is 1.05 bits per heavy atom. The number of imide groups is 1. The van der Waals surface area contributed by atoms with Crippen molar-refractivity contribution in [2.75, 3.05) is 19.7 Å². The maximum Gasteiger partial charge on any atom is 0.234 e. The van der Waals surface area contributed by atoms with Gasteiger partial charge in [0.25, 0.3) is 0 Å². The molecule has 6 rings (SSSR count). The van der Waals surface area contributed by atoms with E-state index in [1.807, 2.05) is 12.1 Å². The summed E-state index contributed by atoms with van der Waals surface area (Å²) in [5.41, 5.74) is 5.19. The number of hydrogen-bond donors (Lipinski definition) is 1. The van der Waals surface area contributed by atoms with Gasteiger partial charge in [0.1, 0.15) is 18.1 Å². The van der Waals surface area contributed by atoms with Crippen LogP contribution in [0.2, 0.25) is 0 Å². The van der Waals surface area contributed by atoms with Gasteiger partial charge in [-0.1, -0.05) is 62.2 Å². The minimum Gasteiger partial charge on any atom is -0.459 e. The zero-order valence-electron chi connectivity index (χ0n) is 25.8. The van der Waals surface area contributed by atoms with Gasteiger partial charge in [0.05, 0.1) is 24.5 Å². The van der Waals surface area contributed by atoms with Gasteiger partial charge in [-0.25, -0.2) is 0 Å². The zero-order chi connectivity index (χ0) is 30.1. The molecule has 1 aromatic heterocycles. The van der Waals surface area contributed by atoms with Crippen LogP contribution in [0, 0.1) is 23.7 Å². The average Bonchev–Trinajstić information content (AvgIpc) is 3.72. The largest absolute Gasteiger partial charge is 0.459 e. The molecule has 0 bridgehead atoms. The van der Waals surface area contributed by atoms with Crippen molar-refractivity contribution in [2.24, 2.45) is 23.7 Å². The molecule has 3 fully saturated rings. The van der Waals surface area contributed by atoms with E-state index in [0.717, 1.165) is 57.5 Å². The highest BCUT2D eigenvalue weighted by atomic mass is 16.5. The summed E-state index contributed by atoms with van der Waals surface area (Å²) < 4.78 is 12.1. The predicted molar refractivity (Wildman–Crippen MR) is 165 cm³/mol. The van der Waals surface area contributed by atoms with Gasteiger partial charge in [0.2, 0.25) is 11.8 Å². The lowest BCUT2D eigenvalue weighted by molar-refractivity contribution is -0.144. The van der Waals surface area contributed by atoms with E-state index in [0.29, 0.717) is 24.7 Å². The molecule has 0 saturated carbocycles. The van der Waals surface area contributed by atoms with Gasteiger partial charge in [0, 0.05) is 31.6 Å². The molecule has 7 nitrogen and oxygen atoms in total. The molecule has 4 heterocycles. The van der Waals surface area contributed by atoms with Crippen molar-refractivity contribution >= 4 is 17.9 Å². The summed E-state index contributed by atoms with van der Waals surface area (Å²) in [5, 5.41) is 9.33. The number of fused-ring (bicyclic) bond motifs is 3. The minimum absolute atomic E-state index is 0.00740. The van der Waals surface area contributed by atoms with Gasteiger partial charge in [0.15, 0.2) is 0 Å². The fourth-order valence-electron chi connectivity index (χ4n) is 7.95. The lowest BCUT2D eigenvalue weighted by Gasteiger charge is -2.36. The van der Waals surface area contributed by atoms with E-state index in [4.69, 9.17) is 9.15 Å². The van der Waals surface area contributed by atoms with Crippen molar-refractivity contribution in [1.29, 1.82) is 0 Å². The number of hydrogen-bond acceptors (Lipinski definition) is 6. The number of piperidine rings is 1. The van der Waals surface area contributed by atoms with Crippen molar-refractivity contribution in [3.63, 3.8) is 0 Å². The first-order valence-electron chi connectivity index (χ1n) is 16.2. The summed E-state index contributed by atoms with van der Waals surface area (Å²) in [6.45, 7) is 9.69. The molecule has 1 aromatic carbocycles. The Balaban J connectivity index is 1.14. The summed E-state index contributed by atoms with van der Waals surface area (Å²) in [7, 11) is 0. The summed E-state index contributed by atoms with van der Waals surface area (Å²) >= 11 is 0. The van der Waals surface area contributed by atoms with Gasteiger partial charge in [-0.15, -0.1) is 0 Å². The minimum atomic E-state index is -0.293. The topological polar surface area (TPSA) is 83.2 Å². The smallest absolute Gasteiger partial charge is 0.234 e. The molecular weight excluding hydrogens is 540 g/mol. The van der Waals surface area contributed by atoms with Crippen molar-refractivity contribution in [1.82, 2.24) is 9.80 Å². The SMILES string of the molecule is CC/C(=C\c1ccc(CO)o1)CC[C@H]1OC[C@H]2C1=C(C(C)C)C[C@H]1C(=O)N(C3CCN(Cc4ccccc4)CC3)C(=O)[C@H]12. The Morgan fingerprint density at radius 2 is 1.81 bits per heavy atom. The molecule has 3 aliphatic heterocycles. The Labute approximate surface area is 255 Å². The van der Waals surface area contributed by atoms with E-state index in [1.54, 1.807) is 11.0 Å². The molecular formula is C36H46N2O5. The molecule has 3 saturated heterocycles. The highest BCUT2D eigenvalue weighted by molar-refractivity contribution is 6.06. The third-order valence-electron chi connectivity index (χ3n) is 10.2. The molecule has 1 N–H and O–H groups in total. The van der Waals surface area contributed by atoms with Crippen molar-refractivity contribution in [2.45, 2.75) is 84.6 Å². The number of amides is 2. The molecule has 0 spiro atoms. The number of furan rings is 1. The third-order valence-corrected chi connectivity index (χ3v) is 10.2. The molecule has 4 aliphatic rings. The van der Waals surface area contributed by atoms with Crippen LogP contribution in [0.25, 0.3) is 6.08 Å². The normalized spacial score (nSPS) is 27.0. The van der Waals surface area contributed by atoms with E-state index < -0.39 is 0 Å². The second kappa shape index (κ2) is 12.9. The highest BCUT2D eigenvalue weighted by Gasteiger charge is 2.58. The molecule has 0 unspecified atom stereocenters. The van der Waals surface area contributed by atoms with Crippen LogP contribution in [0.5, 0.6) is 0 Å². The Morgan fingerprint density at radius 3 is 2.49 bits per heavy atom. The highest BCUT2D eigenvalue weighted by Crippen LogP contribution is 2.52. The van der Waals surface area contributed by atoms with E-state index in [2.05, 4.69) is 56.0 Å². The molecule has 4 atom stereocenters. The predicted octanol–water partition coefficient (Wildman–Crippen LogP) is 5.98. The maximum absolute atomic E-state index is 14.1. The third kappa shape index (κ3) is 6.04. The van der Waals surface area contributed by atoms with Crippen molar-refractivity contribution < 1.29 is 23.8 Å². The number of ether oxygens (including phenoxy) is 1. The van der Waals surface area contributed by atoms with Crippen LogP contribution in [0.1, 0.15) is 76.4 Å². The van der Waals surface area contributed by atoms with Crippen LogP contribution in [0.3, 0.4) is 0 Å². The number of rotatable bonds is 10. The van der Waals surface area contributed by atoms with Crippen molar-refractivity contribution in [3.8, 4) is 0 Å². The van der Waals surface area contributed by atoms with Gasteiger partial charge >= 0.3 is 0 Å². The van der Waals surface area contributed by atoms with Crippen molar-refractivity contribution in [3.05, 3.63) is 76.3 Å². The summed E-state index contributed by atoms with van der Waals surface area (Å²) in [6, 6.07) is 14.2. The fourth-order valence-corrected chi connectivity index (χ4v) is 7.95. The quantitative estimate of drug-likeness (QED) is 0.272. The summed E-state index contributed by atoms with van der Waals surface area (Å²) in [6.07, 6.45) is 7.01. The monoisotopic (exact) mass is 586 g/mol. The fraction of sp³-hybridized carbons (Fsp3) is 0.556. The summed E-state index contributed by atoms with van der Waals surface area (Å²) in [4.78, 5) is 32.1. The second-order valence-corrected chi connectivity index (χ2v) is 13.1. The first-order chi connectivity index (χ1) is 20.9. The number of allylic oxidation sites excluding steroid dienone is 2. The molecule has 7 heteroatoms. The molecule has 2 amide bonds. The Hall–Kier alpha value is -3.00. The van der Waals surface area contributed by atoms with Crippen LogP contribution in [-0.2, 0) is 27.5 Å². The number of nitrogens with zero attached hydrogens (tertiary/aromatic N) is 2. The van der Waals surface area contributed by atoms with E-state index >= 15 is 0 Å². The number of likely N-dealkylation sites (tertiary alicyclic amines) is 2. The van der Waals surface area contributed by atoms with Gasteiger partial charge < -0.3 is 14.3 Å². The first kappa shape index (κ1) is 30.0. The maximum atomic E-state index is 14.1. The van der Waals surface area contributed by atoms with Crippen LogP contribution >= 0.6 is 0 Å². The molecule has 1 aliphatic carbocycles. The first-order valence-corrected chi connectivity index (χ1v) is 16.2. The number of aliphatic hydroxyl groups is 1. The second-order valence-electron chi connectivity index (χ2n) is 13.1. The lowest BCUT2D eigenvalue weighted by Crippen LogP contribution is -2.47. The average molecular weight is 587 g/mol. The van der Waals surface area contributed by atoms with Crippen LogP contribution in [-0.4, -0.2) is 58.6 Å². The number of carbonyl (C=O) groups excluding carboxylic acids is 2. The van der Waals surface area contributed by atoms with E-state index in [9.17, 15) is 14.7 Å². The van der Waals surface area contributed by atoms with Crippen LogP contribution < -0.4 is 0 Å². The van der Waals surface area contributed by atoms with E-state index in [1.165, 1.54) is 22.3 Å². The molecule has 230 valence electrons. The van der Waals surface area contributed by atoms with Gasteiger partial charge in [-0.3, -0.25) is 19.4 Å². The molecule has 2 aromatic rings. The van der Waals surface area contributed by atoms with E-state index in [-0.39, 0.29) is 48.3 Å². The lowest BCUT2D eigenvalue weighted by atomic mass is 9.67. The zero-order valence-corrected chi connectivity index (χ0v) is 25.8.